The van der Waals surface area contributed by atoms with Crippen LogP contribution in [0.5, 0.6) is 5.75 Å². The van der Waals surface area contributed by atoms with Crippen molar-refractivity contribution >= 4 is 21.9 Å². The Bertz CT molecular complexity index is 892. The average molecular weight is 264 g/mol. The molecule has 0 aliphatic carbocycles. The molecule has 4 aromatic rings. The molecule has 0 saturated carbocycles. The van der Waals surface area contributed by atoms with E-state index in [1.165, 1.54) is 0 Å². The Hall–Kier alpha value is -2.75. The fraction of sp³-hybridized carbons (Fsp3) is 0.0625. The molecule has 0 unspecified atom stereocenters. The second kappa shape index (κ2) is 4.13. The Labute approximate surface area is 115 Å². The first kappa shape index (κ1) is 11.1. The summed E-state index contributed by atoms with van der Waals surface area (Å²) in [4.78, 5) is 0. The van der Waals surface area contributed by atoms with Crippen LogP contribution in [0.4, 0.5) is 0 Å². The molecule has 0 atom stereocenters. The fourth-order valence-electron chi connectivity index (χ4n) is 2.48. The van der Waals surface area contributed by atoms with Crippen LogP contribution in [-0.4, -0.2) is 16.9 Å². The summed E-state index contributed by atoms with van der Waals surface area (Å²) >= 11 is 0. The highest BCUT2D eigenvalue weighted by molar-refractivity contribution is 6.07. The number of hydrogen-bond acceptors (Lipinski definition) is 3. The Kier molecular flexibility index (Phi) is 2.29. The molecule has 0 spiro atoms. The molecule has 0 fully saturated rings. The summed E-state index contributed by atoms with van der Waals surface area (Å²) in [5.41, 5.74) is 2.58. The number of fused-ring (bicyclic) bond motifs is 3. The largest absolute Gasteiger partial charge is 0.497 e. The minimum Gasteiger partial charge on any atom is -0.497 e. The molecular formula is C16H12N2O2. The van der Waals surface area contributed by atoms with E-state index in [0.717, 1.165) is 33.4 Å². The Morgan fingerprint density at radius 3 is 2.85 bits per heavy atom. The highest BCUT2D eigenvalue weighted by Gasteiger charge is 2.12. The van der Waals surface area contributed by atoms with Crippen molar-refractivity contribution in [2.45, 2.75) is 0 Å². The quantitative estimate of drug-likeness (QED) is 0.553. The van der Waals surface area contributed by atoms with Gasteiger partial charge < -0.3 is 9.15 Å². The first-order chi connectivity index (χ1) is 9.86. The van der Waals surface area contributed by atoms with Gasteiger partial charge in [-0.2, -0.15) is 5.10 Å². The molecule has 2 heterocycles. The van der Waals surface area contributed by atoms with Crippen molar-refractivity contribution in [1.82, 2.24) is 9.78 Å². The van der Waals surface area contributed by atoms with E-state index >= 15 is 0 Å². The number of furan rings is 1. The maximum atomic E-state index is 6.01. The standard InChI is InChI=1S/C16H12N2O2/c1-19-11-6-7-12-13-4-2-5-14(18-9-3-8-17-18)16(13)20-15(12)10-11/h2-10H,1H3. The van der Waals surface area contributed by atoms with Gasteiger partial charge in [-0.3, -0.25) is 0 Å². The van der Waals surface area contributed by atoms with Gasteiger partial charge in [-0.1, -0.05) is 12.1 Å². The van der Waals surface area contributed by atoms with Crippen LogP contribution < -0.4 is 4.74 Å². The number of ether oxygens (including phenoxy) is 1. The van der Waals surface area contributed by atoms with Crippen molar-refractivity contribution in [2.24, 2.45) is 0 Å². The van der Waals surface area contributed by atoms with Gasteiger partial charge in [-0.15, -0.1) is 0 Å². The topological polar surface area (TPSA) is 40.2 Å². The number of hydrogen-bond donors (Lipinski definition) is 0. The molecule has 0 aliphatic rings. The van der Waals surface area contributed by atoms with E-state index in [-0.39, 0.29) is 0 Å². The highest BCUT2D eigenvalue weighted by Crippen LogP contribution is 2.34. The number of benzene rings is 2. The summed E-state index contributed by atoms with van der Waals surface area (Å²) in [5.74, 6) is 0.789. The van der Waals surface area contributed by atoms with Gasteiger partial charge in [0.15, 0.2) is 5.58 Å². The van der Waals surface area contributed by atoms with E-state index in [1.807, 2.05) is 47.3 Å². The predicted octanol–water partition coefficient (Wildman–Crippen LogP) is 3.78. The molecule has 2 aromatic heterocycles. The molecular weight excluding hydrogens is 252 g/mol. The summed E-state index contributed by atoms with van der Waals surface area (Å²) in [6.07, 6.45) is 3.66. The molecule has 98 valence electrons. The third-order valence-corrected chi connectivity index (χ3v) is 3.44. The van der Waals surface area contributed by atoms with Gasteiger partial charge in [0.05, 0.1) is 7.11 Å². The predicted molar refractivity (Wildman–Crippen MR) is 77.4 cm³/mol. The molecule has 0 saturated heterocycles. The zero-order chi connectivity index (χ0) is 13.5. The first-order valence-electron chi connectivity index (χ1n) is 6.36. The molecule has 4 heteroatoms. The first-order valence-corrected chi connectivity index (χ1v) is 6.36. The SMILES string of the molecule is COc1ccc2c(c1)oc1c(-n3cccn3)cccc12. The summed E-state index contributed by atoms with van der Waals surface area (Å²) in [6, 6.07) is 13.8. The number of rotatable bonds is 2. The van der Waals surface area contributed by atoms with Gasteiger partial charge >= 0.3 is 0 Å². The van der Waals surface area contributed by atoms with E-state index in [0.29, 0.717) is 0 Å². The lowest BCUT2D eigenvalue weighted by molar-refractivity contribution is 0.414. The van der Waals surface area contributed by atoms with Gasteiger partial charge in [0.1, 0.15) is 17.0 Å². The van der Waals surface area contributed by atoms with Crippen molar-refractivity contribution in [1.29, 1.82) is 0 Å². The van der Waals surface area contributed by atoms with E-state index < -0.39 is 0 Å². The molecule has 0 amide bonds. The molecule has 4 nitrogen and oxygen atoms in total. The van der Waals surface area contributed by atoms with Gasteiger partial charge in [-0.25, -0.2) is 4.68 Å². The summed E-state index contributed by atoms with van der Waals surface area (Å²) in [5, 5.41) is 6.43. The van der Waals surface area contributed by atoms with Gasteiger partial charge in [0.25, 0.3) is 0 Å². The lowest BCUT2D eigenvalue weighted by Gasteiger charge is -2.01. The zero-order valence-electron chi connectivity index (χ0n) is 10.9. The van der Waals surface area contributed by atoms with Crippen molar-refractivity contribution in [3.8, 4) is 11.4 Å². The Morgan fingerprint density at radius 1 is 1.10 bits per heavy atom. The average Bonchev–Trinajstić information content (AvgIpc) is 3.13. The second-order valence-electron chi connectivity index (χ2n) is 4.57. The zero-order valence-corrected chi connectivity index (χ0v) is 10.9. The summed E-state index contributed by atoms with van der Waals surface area (Å²) in [6.45, 7) is 0. The van der Waals surface area contributed by atoms with Gasteiger partial charge in [0.2, 0.25) is 0 Å². The van der Waals surface area contributed by atoms with E-state index in [2.05, 4.69) is 11.2 Å². The van der Waals surface area contributed by atoms with Crippen LogP contribution in [0.25, 0.3) is 27.6 Å². The molecule has 0 N–H and O–H groups in total. The smallest absolute Gasteiger partial charge is 0.161 e. The van der Waals surface area contributed by atoms with Gasteiger partial charge in [-0.05, 0) is 24.3 Å². The van der Waals surface area contributed by atoms with Crippen LogP contribution in [0.2, 0.25) is 0 Å². The Balaban J connectivity index is 2.08. The van der Waals surface area contributed by atoms with Crippen LogP contribution >= 0.6 is 0 Å². The van der Waals surface area contributed by atoms with Crippen LogP contribution in [0.1, 0.15) is 0 Å². The summed E-state index contributed by atoms with van der Waals surface area (Å²) in [7, 11) is 1.65. The van der Waals surface area contributed by atoms with Crippen molar-refractivity contribution < 1.29 is 9.15 Å². The van der Waals surface area contributed by atoms with E-state index in [9.17, 15) is 0 Å². The molecule has 0 aliphatic heterocycles. The highest BCUT2D eigenvalue weighted by atomic mass is 16.5. The lowest BCUT2D eigenvalue weighted by Crippen LogP contribution is -1.93. The van der Waals surface area contributed by atoms with Crippen LogP contribution in [-0.2, 0) is 0 Å². The third-order valence-electron chi connectivity index (χ3n) is 3.44. The molecule has 0 bridgehead atoms. The molecule has 4 rings (SSSR count). The van der Waals surface area contributed by atoms with Crippen LogP contribution in [0, 0.1) is 0 Å². The molecule has 20 heavy (non-hydrogen) atoms. The van der Waals surface area contributed by atoms with Crippen molar-refractivity contribution in [3.63, 3.8) is 0 Å². The minimum atomic E-state index is 0.789. The third kappa shape index (κ3) is 1.51. The molecule has 2 aromatic carbocycles. The van der Waals surface area contributed by atoms with Crippen molar-refractivity contribution in [2.75, 3.05) is 7.11 Å². The minimum absolute atomic E-state index is 0.789. The van der Waals surface area contributed by atoms with Crippen LogP contribution in [0.3, 0.4) is 0 Å². The normalized spacial score (nSPS) is 11.2. The molecule has 0 radical (unpaired) electrons. The summed E-state index contributed by atoms with van der Waals surface area (Å²) < 4.78 is 13.1. The number of para-hydroxylation sites is 1. The van der Waals surface area contributed by atoms with Gasteiger partial charge in [0, 0.05) is 29.2 Å². The number of nitrogens with zero attached hydrogens (tertiary/aromatic N) is 2. The fourth-order valence-corrected chi connectivity index (χ4v) is 2.48. The Morgan fingerprint density at radius 2 is 2.05 bits per heavy atom. The van der Waals surface area contributed by atoms with E-state index in [4.69, 9.17) is 9.15 Å². The number of aromatic nitrogens is 2. The van der Waals surface area contributed by atoms with Crippen LogP contribution in [0.15, 0.2) is 59.3 Å². The maximum absolute atomic E-state index is 6.01. The monoisotopic (exact) mass is 264 g/mol. The van der Waals surface area contributed by atoms with Crippen molar-refractivity contribution in [3.05, 3.63) is 54.9 Å². The number of methoxy groups -OCH3 is 1. The lowest BCUT2D eigenvalue weighted by atomic mass is 10.1. The maximum Gasteiger partial charge on any atom is 0.161 e. The van der Waals surface area contributed by atoms with E-state index in [1.54, 1.807) is 13.3 Å². The second-order valence-corrected chi connectivity index (χ2v) is 4.57.